The second-order valence-corrected chi connectivity index (χ2v) is 7.64. The van der Waals surface area contributed by atoms with E-state index < -0.39 is 10.0 Å². The Labute approximate surface area is 103 Å². The minimum atomic E-state index is -3.17. The van der Waals surface area contributed by atoms with Gasteiger partial charge in [0.05, 0.1) is 5.25 Å². The molecule has 0 unspecified atom stereocenters. The van der Waals surface area contributed by atoms with Gasteiger partial charge in [0.25, 0.3) is 0 Å². The number of nitrogens with zero attached hydrogens (tertiary/aromatic N) is 1. The summed E-state index contributed by atoms with van der Waals surface area (Å²) in [5.74, 6) is 0. The molecule has 0 bridgehead atoms. The van der Waals surface area contributed by atoms with Crippen molar-refractivity contribution >= 4 is 10.0 Å². The molecule has 2 N–H and O–H groups in total. The van der Waals surface area contributed by atoms with Gasteiger partial charge < -0.3 is 10.5 Å². The molecule has 2 rings (SSSR count). The third-order valence-corrected chi connectivity index (χ3v) is 6.28. The smallest absolute Gasteiger partial charge is 0.216 e. The summed E-state index contributed by atoms with van der Waals surface area (Å²) < 4.78 is 31.4. The van der Waals surface area contributed by atoms with Crippen LogP contribution >= 0.6 is 0 Å². The summed E-state index contributed by atoms with van der Waals surface area (Å²) in [5, 5.41) is -0.269. The second kappa shape index (κ2) is 4.84. The van der Waals surface area contributed by atoms with Crippen molar-refractivity contribution in [2.24, 2.45) is 11.1 Å². The van der Waals surface area contributed by atoms with E-state index in [0.717, 1.165) is 12.8 Å². The molecular formula is C11H22N2O3S. The largest absolute Gasteiger partial charge is 0.381 e. The summed E-state index contributed by atoms with van der Waals surface area (Å²) in [5.41, 5.74) is 5.76. The zero-order valence-corrected chi connectivity index (χ0v) is 11.2. The van der Waals surface area contributed by atoms with Crippen LogP contribution in [0, 0.1) is 5.41 Å². The van der Waals surface area contributed by atoms with Gasteiger partial charge in [-0.25, -0.2) is 12.7 Å². The van der Waals surface area contributed by atoms with Crippen molar-refractivity contribution in [1.82, 2.24) is 4.31 Å². The highest BCUT2D eigenvalue weighted by atomic mass is 32.2. The van der Waals surface area contributed by atoms with E-state index >= 15 is 0 Å². The molecule has 6 heteroatoms. The van der Waals surface area contributed by atoms with Crippen molar-refractivity contribution in [2.75, 3.05) is 33.4 Å². The molecule has 1 heterocycles. The molecule has 0 aromatic heterocycles. The van der Waals surface area contributed by atoms with E-state index in [4.69, 9.17) is 10.5 Å². The molecular weight excluding hydrogens is 240 g/mol. The summed E-state index contributed by atoms with van der Waals surface area (Å²) >= 11 is 0. The first-order chi connectivity index (χ1) is 8.00. The molecule has 1 saturated carbocycles. The molecule has 17 heavy (non-hydrogen) atoms. The molecule has 100 valence electrons. The van der Waals surface area contributed by atoms with Crippen LogP contribution < -0.4 is 5.73 Å². The average Bonchev–Trinajstić information content (AvgIpc) is 3.10. The summed E-state index contributed by atoms with van der Waals surface area (Å²) in [7, 11) is -1.49. The molecule has 0 spiro atoms. The first kappa shape index (κ1) is 13.3. The first-order valence-electron chi connectivity index (χ1n) is 6.23. The molecule has 5 nitrogen and oxygen atoms in total. The molecule has 0 amide bonds. The molecule has 1 saturated heterocycles. The zero-order valence-electron chi connectivity index (χ0n) is 10.4. The Bertz CT molecular complexity index is 359. The maximum absolute atomic E-state index is 12.3. The van der Waals surface area contributed by atoms with Crippen molar-refractivity contribution < 1.29 is 13.2 Å². The Balaban J connectivity index is 1.99. The van der Waals surface area contributed by atoms with Gasteiger partial charge in [0, 0.05) is 26.8 Å². The van der Waals surface area contributed by atoms with Gasteiger partial charge in [0.1, 0.15) is 0 Å². The highest BCUT2D eigenvalue weighted by Gasteiger charge is 2.44. The van der Waals surface area contributed by atoms with Crippen LogP contribution in [0.1, 0.15) is 25.7 Å². The second-order valence-electron chi connectivity index (χ2n) is 5.32. The third-order valence-electron chi connectivity index (χ3n) is 3.97. The lowest BCUT2D eigenvalue weighted by molar-refractivity contribution is 0.0972. The monoisotopic (exact) mass is 262 g/mol. The number of nitrogens with two attached hydrogens (primary N) is 1. The van der Waals surface area contributed by atoms with Gasteiger partial charge in [0.2, 0.25) is 10.0 Å². The minimum Gasteiger partial charge on any atom is -0.381 e. The molecule has 0 aromatic carbocycles. The van der Waals surface area contributed by atoms with Crippen LogP contribution in [0.25, 0.3) is 0 Å². The van der Waals surface area contributed by atoms with Gasteiger partial charge in [-0.15, -0.1) is 0 Å². The summed E-state index contributed by atoms with van der Waals surface area (Å²) in [4.78, 5) is 0. The SMILES string of the molecule is CN(CC1(CN)CC1)S(=O)(=O)C1CCOCC1. The molecule has 2 fully saturated rings. The van der Waals surface area contributed by atoms with Crippen molar-refractivity contribution in [2.45, 2.75) is 30.9 Å². The van der Waals surface area contributed by atoms with E-state index in [2.05, 4.69) is 0 Å². The summed E-state index contributed by atoms with van der Waals surface area (Å²) in [6.45, 7) is 2.27. The fraction of sp³-hybridized carbons (Fsp3) is 1.00. The molecule has 2 aliphatic rings. The van der Waals surface area contributed by atoms with Crippen LogP contribution in [0.15, 0.2) is 0 Å². The lowest BCUT2D eigenvalue weighted by Crippen LogP contribution is -2.42. The number of rotatable bonds is 5. The number of ether oxygens (including phenoxy) is 1. The zero-order chi connectivity index (χ0) is 12.5. The maximum atomic E-state index is 12.3. The molecule has 0 radical (unpaired) electrons. The molecule has 0 aromatic rings. The van der Waals surface area contributed by atoms with Crippen molar-refractivity contribution in [3.8, 4) is 0 Å². The van der Waals surface area contributed by atoms with Crippen molar-refractivity contribution in [3.05, 3.63) is 0 Å². The van der Waals surface area contributed by atoms with E-state index in [1.165, 1.54) is 4.31 Å². The number of hydrogen-bond donors (Lipinski definition) is 1. The fourth-order valence-electron chi connectivity index (χ4n) is 2.39. The summed E-state index contributed by atoms with van der Waals surface area (Å²) in [6, 6.07) is 0. The van der Waals surface area contributed by atoms with Crippen LogP contribution in [0.2, 0.25) is 0 Å². The lowest BCUT2D eigenvalue weighted by Gasteiger charge is -2.29. The van der Waals surface area contributed by atoms with Gasteiger partial charge in [0.15, 0.2) is 0 Å². The van der Waals surface area contributed by atoms with Gasteiger partial charge in [-0.1, -0.05) is 0 Å². The van der Waals surface area contributed by atoms with Crippen LogP contribution in [-0.4, -0.2) is 51.3 Å². The Morgan fingerprint density at radius 1 is 1.35 bits per heavy atom. The topological polar surface area (TPSA) is 72.6 Å². The lowest BCUT2D eigenvalue weighted by atomic mass is 10.1. The highest BCUT2D eigenvalue weighted by Crippen LogP contribution is 2.45. The highest BCUT2D eigenvalue weighted by molar-refractivity contribution is 7.89. The van der Waals surface area contributed by atoms with Crippen molar-refractivity contribution in [3.63, 3.8) is 0 Å². The minimum absolute atomic E-state index is 0.0625. The van der Waals surface area contributed by atoms with Gasteiger partial charge in [-0.05, 0) is 37.6 Å². The Kier molecular flexibility index (Phi) is 3.77. The first-order valence-corrected chi connectivity index (χ1v) is 7.73. The normalized spacial score (nSPS) is 25.1. The standard InChI is InChI=1S/C11H22N2O3S/c1-13(9-11(8-12)4-5-11)17(14,15)10-2-6-16-7-3-10/h10H,2-9,12H2,1H3. The Morgan fingerprint density at radius 3 is 2.41 bits per heavy atom. The molecule has 0 atom stereocenters. The van der Waals surface area contributed by atoms with Crippen molar-refractivity contribution in [1.29, 1.82) is 0 Å². The van der Waals surface area contributed by atoms with E-state index in [-0.39, 0.29) is 10.7 Å². The predicted molar refractivity (Wildman–Crippen MR) is 66.1 cm³/mol. The number of sulfonamides is 1. The maximum Gasteiger partial charge on any atom is 0.216 e. The van der Waals surface area contributed by atoms with E-state index in [1.54, 1.807) is 7.05 Å². The fourth-order valence-corrected chi connectivity index (χ4v) is 4.15. The van der Waals surface area contributed by atoms with E-state index in [9.17, 15) is 8.42 Å². The van der Waals surface area contributed by atoms with Gasteiger partial charge in [-0.2, -0.15) is 0 Å². The number of hydrogen-bond acceptors (Lipinski definition) is 4. The van der Waals surface area contributed by atoms with Crippen LogP contribution in [0.4, 0.5) is 0 Å². The van der Waals surface area contributed by atoms with E-state index in [1.807, 2.05) is 0 Å². The Hall–Kier alpha value is -0.170. The van der Waals surface area contributed by atoms with Crippen LogP contribution in [0.5, 0.6) is 0 Å². The van der Waals surface area contributed by atoms with Crippen LogP contribution in [0.3, 0.4) is 0 Å². The van der Waals surface area contributed by atoms with Gasteiger partial charge in [-0.3, -0.25) is 0 Å². The molecule has 1 aliphatic heterocycles. The average molecular weight is 262 g/mol. The third kappa shape index (κ3) is 2.81. The van der Waals surface area contributed by atoms with Gasteiger partial charge >= 0.3 is 0 Å². The predicted octanol–water partition coefficient (Wildman–Crippen LogP) is 0.166. The molecule has 1 aliphatic carbocycles. The van der Waals surface area contributed by atoms with E-state index in [0.29, 0.717) is 39.1 Å². The Morgan fingerprint density at radius 2 is 1.94 bits per heavy atom. The summed E-state index contributed by atoms with van der Waals surface area (Å²) in [6.07, 6.45) is 3.33. The quantitative estimate of drug-likeness (QED) is 0.766. The van der Waals surface area contributed by atoms with Crippen LogP contribution in [-0.2, 0) is 14.8 Å².